The number of nitrogens with one attached hydrogen (secondary N) is 2. The topological polar surface area (TPSA) is 53.5 Å². The lowest BCUT2D eigenvalue weighted by molar-refractivity contribution is -0.107. The molecule has 1 aliphatic rings. The van der Waals surface area contributed by atoms with Crippen LogP contribution in [0.2, 0.25) is 0 Å². The first-order valence-electron chi connectivity index (χ1n) is 3.89. The Morgan fingerprint density at radius 3 is 3.27 bits per heavy atom. The Bertz CT molecular complexity index is 156. The molecule has 1 aliphatic heterocycles. The van der Waals surface area contributed by atoms with Crippen LogP contribution in [0.15, 0.2) is 4.99 Å². The molecule has 0 bridgehead atoms. The normalized spacial score (nSPS) is 15.5. The van der Waals surface area contributed by atoms with Crippen LogP contribution >= 0.6 is 0 Å². The monoisotopic (exact) mass is 155 g/mol. The lowest BCUT2D eigenvalue weighted by Gasteiger charge is -2.03. The van der Waals surface area contributed by atoms with Gasteiger partial charge in [-0.2, -0.15) is 0 Å². The Hall–Kier alpha value is -1.06. The SMILES string of the molecule is O=CCCCNC1=NCCN1. The van der Waals surface area contributed by atoms with Crippen LogP contribution in [0.3, 0.4) is 0 Å². The Kier molecular flexibility index (Phi) is 3.44. The van der Waals surface area contributed by atoms with Crippen LogP contribution in [-0.2, 0) is 4.79 Å². The van der Waals surface area contributed by atoms with Gasteiger partial charge in [0.15, 0.2) is 5.96 Å². The fraction of sp³-hybridized carbons (Fsp3) is 0.714. The number of unbranched alkanes of at least 4 members (excludes halogenated alkanes) is 1. The zero-order valence-corrected chi connectivity index (χ0v) is 6.47. The van der Waals surface area contributed by atoms with Crippen molar-refractivity contribution in [1.82, 2.24) is 10.6 Å². The molecule has 0 saturated carbocycles. The molecule has 0 saturated heterocycles. The molecule has 0 radical (unpaired) electrons. The van der Waals surface area contributed by atoms with Crippen LogP contribution in [-0.4, -0.2) is 31.9 Å². The van der Waals surface area contributed by atoms with E-state index in [1.807, 2.05) is 0 Å². The molecule has 0 aromatic heterocycles. The van der Waals surface area contributed by atoms with Gasteiger partial charge >= 0.3 is 0 Å². The predicted octanol–water partition coefficient (Wildman–Crippen LogP) is -0.486. The molecule has 0 amide bonds. The number of hydrogen-bond acceptors (Lipinski definition) is 4. The Morgan fingerprint density at radius 1 is 1.73 bits per heavy atom. The number of carbonyl (C=O) groups excluding carboxylic acids is 1. The minimum Gasteiger partial charge on any atom is -0.356 e. The van der Waals surface area contributed by atoms with Crippen LogP contribution in [0.25, 0.3) is 0 Å². The summed E-state index contributed by atoms with van der Waals surface area (Å²) < 4.78 is 0. The Labute approximate surface area is 66.1 Å². The zero-order valence-electron chi connectivity index (χ0n) is 6.47. The van der Waals surface area contributed by atoms with E-state index in [9.17, 15) is 4.79 Å². The summed E-state index contributed by atoms with van der Waals surface area (Å²) in [5.74, 6) is 0.871. The van der Waals surface area contributed by atoms with E-state index in [1.54, 1.807) is 0 Å². The molecule has 0 spiro atoms. The number of aliphatic imine (C=N–C) groups is 1. The second-order valence-electron chi connectivity index (χ2n) is 2.39. The minimum atomic E-state index is 0.625. The molecule has 1 rings (SSSR count). The van der Waals surface area contributed by atoms with E-state index in [-0.39, 0.29) is 0 Å². The number of guanidine groups is 1. The Balaban J connectivity index is 1.98. The summed E-state index contributed by atoms with van der Waals surface area (Å²) in [6, 6.07) is 0. The van der Waals surface area contributed by atoms with E-state index in [2.05, 4.69) is 15.6 Å². The van der Waals surface area contributed by atoms with E-state index >= 15 is 0 Å². The Morgan fingerprint density at radius 2 is 2.64 bits per heavy atom. The average molecular weight is 155 g/mol. The molecule has 0 unspecified atom stereocenters. The van der Waals surface area contributed by atoms with Crippen molar-refractivity contribution >= 4 is 12.2 Å². The van der Waals surface area contributed by atoms with E-state index in [0.29, 0.717) is 6.42 Å². The summed E-state index contributed by atoms with van der Waals surface area (Å²) in [7, 11) is 0. The third kappa shape index (κ3) is 3.02. The summed E-state index contributed by atoms with van der Waals surface area (Å²) in [5, 5.41) is 6.18. The molecule has 4 heteroatoms. The van der Waals surface area contributed by atoms with Crippen LogP contribution < -0.4 is 10.6 Å². The molecule has 0 aromatic carbocycles. The van der Waals surface area contributed by atoms with Crippen molar-refractivity contribution in [3.05, 3.63) is 0 Å². The van der Waals surface area contributed by atoms with Gasteiger partial charge in [0.25, 0.3) is 0 Å². The van der Waals surface area contributed by atoms with Crippen LogP contribution in [0.1, 0.15) is 12.8 Å². The molecular weight excluding hydrogens is 142 g/mol. The first-order chi connectivity index (χ1) is 5.43. The smallest absolute Gasteiger partial charge is 0.191 e. The standard InChI is InChI=1S/C7H13N3O/c11-6-2-1-3-8-7-9-4-5-10-7/h6H,1-5H2,(H2,8,9,10). The highest BCUT2D eigenvalue weighted by molar-refractivity contribution is 5.81. The van der Waals surface area contributed by atoms with Crippen LogP contribution in [0.5, 0.6) is 0 Å². The minimum absolute atomic E-state index is 0.625. The largest absolute Gasteiger partial charge is 0.356 e. The maximum absolute atomic E-state index is 9.93. The van der Waals surface area contributed by atoms with E-state index in [1.165, 1.54) is 0 Å². The summed E-state index contributed by atoms with van der Waals surface area (Å²) in [6.45, 7) is 2.61. The third-order valence-corrected chi connectivity index (χ3v) is 1.47. The van der Waals surface area contributed by atoms with E-state index < -0.39 is 0 Å². The van der Waals surface area contributed by atoms with Crippen molar-refractivity contribution in [2.75, 3.05) is 19.6 Å². The quantitative estimate of drug-likeness (QED) is 0.425. The number of nitrogens with zero attached hydrogens (tertiary/aromatic N) is 1. The highest BCUT2D eigenvalue weighted by atomic mass is 16.1. The zero-order chi connectivity index (χ0) is 7.94. The van der Waals surface area contributed by atoms with Gasteiger partial charge in [-0.15, -0.1) is 0 Å². The van der Waals surface area contributed by atoms with Gasteiger partial charge in [0.1, 0.15) is 6.29 Å². The van der Waals surface area contributed by atoms with Crippen molar-refractivity contribution in [1.29, 1.82) is 0 Å². The highest BCUT2D eigenvalue weighted by Crippen LogP contribution is 1.84. The molecule has 11 heavy (non-hydrogen) atoms. The molecule has 2 N–H and O–H groups in total. The number of aldehydes is 1. The third-order valence-electron chi connectivity index (χ3n) is 1.47. The van der Waals surface area contributed by atoms with E-state index in [0.717, 1.165) is 38.3 Å². The van der Waals surface area contributed by atoms with Gasteiger partial charge in [-0.25, -0.2) is 0 Å². The molecular formula is C7H13N3O. The fourth-order valence-electron chi connectivity index (χ4n) is 0.908. The molecule has 62 valence electrons. The molecule has 0 fully saturated rings. The first kappa shape index (κ1) is 8.04. The molecule has 1 heterocycles. The average Bonchev–Trinajstić information content (AvgIpc) is 2.50. The van der Waals surface area contributed by atoms with Crippen LogP contribution in [0, 0.1) is 0 Å². The van der Waals surface area contributed by atoms with Crippen molar-refractivity contribution in [2.45, 2.75) is 12.8 Å². The van der Waals surface area contributed by atoms with Gasteiger partial charge < -0.3 is 15.4 Å². The van der Waals surface area contributed by atoms with Crippen molar-refractivity contribution in [3.8, 4) is 0 Å². The first-order valence-corrected chi connectivity index (χ1v) is 3.89. The molecule has 0 atom stereocenters. The van der Waals surface area contributed by atoms with Gasteiger partial charge in [-0.1, -0.05) is 0 Å². The maximum atomic E-state index is 9.93. The summed E-state index contributed by atoms with van der Waals surface area (Å²) in [6.07, 6.45) is 2.44. The lowest BCUT2D eigenvalue weighted by Crippen LogP contribution is -2.34. The molecule has 4 nitrogen and oxygen atoms in total. The van der Waals surface area contributed by atoms with E-state index in [4.69, 9.17) is 0 Å². The van der Waals surface area contributed by atoms with Crippen molar-refractivity contribution < 1.29 is 4.79 Å². The van der Waals surface area contributed by atoms with Crippen LogP contribution in [0.4, 0.5) is 0 Å². The predicted molar refractivity (Wildman–Crippen MR) is 43.6 cm³/mol. The van der Waals surface area contributed by atoms with Gasteiger partial charge in [-0.05, 0) is 6.42 Å². The summed E-state index contributed by atoms with van der Waals surface area (Å²) >= 11 is 0. The molecule has 0 aliphatic carbocycles. The van der Waals surface area contributed by atoms with Gasteiger partial charge in [0.05, 0.1) is 6.54 Å². The fourth-order valence-corrected chi connectivity index (χ4v) is 0.908. The summed E-state index contributed by atoms with van der Waals surface area (Å²) in [5.41, 5.74) is 0. The van der Waals surface area contributed by atoms with Crippen molar-refractivity contribution in [2.24, 2.45) is 4.99 Å². The molecule has 0 aromatic rings. The number of hydrogen-bond donors (Lipinski definition) is 2. The van der Waals surface area contributed by atoms with Gasteiger partial charge in [0.2, 0.25) is 0 Å². The number of carbonyl (C=O) groups is 1. The highest BCUT2D eigenvalue weighted by Gasteiger charge is 2.01. The van der Waals surface area contributed by atoms with Gasteiger partial charge in [0, 0.05) is 19.5 Å². The number of rotatable bonds is 4. The second-order valence-corrected chi connectivity index (χ2v) is 2.39. The maximum Gasteiger partial charge on any atom is 0.191 e. The van der Waals surface area contributed by atoms with Gasteiger partial charge in [-0.3, -0.25) is 4.99 Å². The second kappa shape index (κ2) is 4.71. The summed E-state index contributed by atoms with van der Waals surface area (Å²) in [4.78, 5) is 14.1. The van der Waals surface area contributed by atoms with Crippen molar-refractivity contribution in [3.63, 3.8) is 0 Å². The lowest BCUT2D eigenvalue weighted by atomic mass is 10.3.